The third kappa shape index (κ3) is 5.20. The van der Waals surface area contributed by atoms with Gasteiger partial charge in [-0.15, -0.1) is 0 Å². The Morgan fingerprint density at radius 2 is 1.76 bits per heavy atom. The summed E-state index contributed by atoms with van der Waals surface area (Å²) < 4.78 is 5.21. The number of methoxy groups -OCH3 is 1. The van der Waals surface area contributed by atoms with E-state index in [-0.39, 0.29) is 24.1 Å². The maximum Gasteiger partial charge on any atom is 0.253 e. The summed E-state index contributed by atoms with van der Waals surface area (Å²) in [5.41, 5.74) is 2.44. The Kier molecular flexibility index (Phi) is 6.69. The number of anilines is 2. The number of hydrogen-bond donors (Lipinski definition) is 2. The fourth-order valence-electron chi connectivity index (χ4n) is 3.83. The summed E-state index contributed by atoms with van der Waals surface area (Å²) in [6.45, 7) is 0.625. The van der Waals surface area contributed by atoms with Crippen LogP contribution < -0.4 is 20.3 Å². The Labute approximate surface area is 192 Å². The number of ether oxygens (including phenoxy) is 1. The van der Waals surface area contributed by atoms with Gasteiger partial charge >= 0.3 is 0 Å². The molecule has 1 saturated heterocycles. The molecule has 4 rings (SSSR count). The molecule has 7 heteroatoms. The van der Waals surface area contributed by atoms with Crippen molar-refractivity contribution >= 4 is 29.1 Å². The number of para-hydroxylation sites is 2. The van der Waals surface area contributed by atoms with Crippen LogP contribution in [0.2, 0.25) is 0 Å². The molecule has 7 nitrogen and oxygen atoms in total. The molecule has 1 aliphatic heterocycles. The van der Waals surface area contributed by atoms with Crippen molar-refractivity contribution in [3.63, 3.8) is 0 Å². The molecule has 0 aliphatic carbocycles. The maximum atomic E-state index is 12.9. The van der Waals surface area contributed by atoms with Crippen molar-refractivity contribution in [1.29, 1.82) is 0 Å². The lowest BCUT2D eigenvalue weighted by molar-refractivity contribution is -0.122. The molecular weight excluding hydrogens is 418 g/mol. The van der Waals surface area contributed by atoms with E-state index in [0.29, 0.717) is 30.1 Å². The molecule has 3 aromatic carbocycles. The topological polar surface area (TPSA) is 87.7 Å². The highest BCUT2D eigenvalue weighted by atomic mass is 16.5. The SMILES string of the molecule is COc1cccc(CNC(=O)c2ccccc2NC(=O)[C@H]2CC(=O)N(c3ccccc3)C2)c1. The van der Waals surface area contributed by atoms with E-state index in [2.05, 4.69) is 10.6 Å². The van der Waals surface area contributed by atoms with E-state index < -0.39 is 5.92 Å². The van der Waals surface area contributed by atoms with Gasteiger partial charge in [0.25, 0.3) is 5.91 Å². The minimum atomic E-state index is -0.495. The Bertz CT molecular complexity index is 1160. The van der Waals surface area contributed by atoms with Crippen LogP contribution in [0, 0.1) is 5.92 Å². The minimum Gasteiger partial charge on any atom is -0.497 e. The number of benzene rings is 3. The molecule has 1 atom stereocenters. The molecule has 168 valence electrons. The molecule has 2 N–H and O–H groups in total. The third-order valence-corrected chi connectivity index (χ3v) is 5.58. The standard InChI is InChI=1S/C26H25N3O4/c1-33-21-11-7-8-18(14-21)16-27-26(32)22-12-5-6-13-23(22)28-25(31)19-15-24(30)29(17-19)20-9-3-2-4-10-20/h2-14,19H,15-17H2,1H3,(H,27,32)(H,28,31)/t19-/m0/s1. The van der Waals surface area contributed by atoms with Crippen LogP contribution in [0.5, 0.6) is 5.75 Å². The van der Waals surface area contributed by atoms with Crippen LogP contribution in [-0.4, -0.2) is 31.4 Å². The van der Waals surface area contributed by atoms with Gasteiger partial charge in [0.1, 0.15) is 5.75 Å². The number of hydrogen-bond acceptors (Lipinski definition) is 4. The average molecular weight is 444 g/mol. The number of carbonyl (C=O) groups is 3. The minimum absolute atomic E-state index is 0.0920. The molecule has 1 aliphatic rings. The number of nitrogens with zero attached hydrogens (tertiary/aromatic N) is 1. The maximum absolute atomic E-state index is 12.9. The number of nitrogens with one attached hydrogen (secondary N) is 2. The summed E-state index contributed by atoms with van der Waals surface area (Å²) in [5.74, 6) is -0.460. The Morgan fingerprint density at radius 3 is 2.55 bits per heavy atom. The lowest BCUT2D eigenvalue weighted by Gasteiger charge is -2.17. The summed E-state index contributed by atoms with van der Waals surface area (Å²) in [6.07, 6.45) is 0.130. The zero-order valence-corrected chi connectivity index (χ0v) is 18.3. The quantitative estimate of drug-likeness (QED) is 0.584. The van der Waals surface area contributed by atoms with E-state index >= 15 is 0 Å². The van der Waals surface area contributed by atoms with Gasteiger partial charge in [-0.1, -0.05) is 42.5 Å². The van der Waals surface area contributed by atoms with Crippen LogP contribution in [0.3, 0.4) is 0 Å². The lowest BCUT2D eigenvalue weighted by atomic mass is 10.1. The lowest BCUT2D eigenvalue weighted by Crippen LogP contribution is -2.29. The molecular formula is C26H25N3O4. The van der Waals surface area contributed by atoms with Gasteiger partial charge in [-0.25, -0.2) is 0 Å². The predicted molar refractivity (Wildman–Crippen MR) is 126 cm³/mol. The number of carbonyl (C=O) groups excluding carboxylic acids is 3. The highest BCUT2D eigenvalue weighted by molar-refractivity contribution is 6.07. The Morgan fingerprint density at radius 1 is 1.00 bits per heavy atom. The molecule has 0 bridgehead atoms. The Hall–Kier alpha value is -4.13. The molecule has 1 heterocycles. The monoisotopic (exact) mass is 443 g/mol. The first kappa shape index (κ1) is 22.1. The summed E-state index contributed by atoms with van der Waals surface area (Å²) in [6, 6.07) is 23.6. The molecule has 33 heavy (non-hydrogen) atoms. The van der Waals surface area contributed by atoms with E-state index in [0.717, 1.165) is 11.3 Å². The molecule has 0 spiro atoms. The molecule has 0 aromatic heterocycles. The first-order chi connectivity index (χ1) is 16.0. The van der Waals surface area contributed by atoms with Gasteiger partial charge in [0, 0.05) is 25.2 Å². The van der Waals surface area contributed by atoms with Crippen LogP contribution in [0.4, 0.5) is 11.4 Å². The fourth-order valence-corrected chi connectivity index (χ4v) is 3.83. The normalized spacial score (nSPS) is 15.2. The van der Waals surface area contributed by atoms with Crippen molar-refractivity contribution in [2.24, 2.45) is 5.92 Å². The van der Waals surface area contributed by atoms with Crippen molar-refractivity contribution in [2.75, 3.05) is 23.9 Å². The smallest absolute Gasteiger partial charge is 0.253 e. The highest BCUT2D eigenvalue weighted by Crippen LogP contribution is 2.26. The molecule has 3 aromatic rings. The van der Waals surface area contributed by atoms with Crippen molar-refractivity contribution in [3.8, 4) is 5.75 Å². The van der Waals surface area contributed by atoms with Crippen LogP contribution in [0.25, 0.3) is 0 Å². The molecule has 0 radical (unpaired) electrons. The molecule has 0 unspecified atom stereocenters. The van der Waals surface area contributed by atoms with E-state index in [1.54, 1.807) is 36.3 Å². The zero-order chi connectivity index (χ0) is 23.2. The second-order valence-corrected chi connectivity index (χ2v) is 7.81. The van der Waals surface area contributed by atoms with Crippen LogP contribution in [-0.2, 0) is 16.1 Å². The van der Waals surface area contributed by atoms with Gasteiger partial charge < -0.3 is 20.3 Å². The predicted octanol–water partition coefficient (Wildman–Crippen LogP) is 3.62. The van der Waals surface area contributed by atoms with Crippen LogP contribution >= 0.6 is 0 Å². The third-order valence-electron chi connectivity index (χ3n) is 5.58. The molecule has 1 fully saturated rings. The van der Waals surface area contributed by atoms with Crippen molar-refractivity contribution < 1.29 is 19.1 Å². The van der Waals surface area contributed by atoms with Crippen molar-refractivity contribution in [2.45, 2.75) is 13.0 Å². The summed E-state index contributed by atoms with van der Waals surface area (Å²) >= 11 is 0. The van der Waals surface area contributed by atoms with E-state index in [1.807, 2.05) is 54.6 Å². The van der Waals surface area contributed by atoms with Crippen LogP contribution in [0.1, 0.15) is 22.3 Å². The number of amides is 3. The first-order valence-corrected chi connectivity index (χ1v) is 10.7. The second kappa shape index (κ2) is 9.99. The first-order valence-electron chi connectivity index (χ1n) is 10.7. The van der Waals surface area contributed by atoms with Gasteiger partial charge in [-0.05, 0) is 42.0 Å². The van der Waals surface area contributed by atoms with Gasteiger partial charge in [-0.3, -0.25) is 14.4 Å². The largest absolute Gasteiger partial charge is 0.497 e. The second-order valence-electron chi connectivity index (χ2n) is 7.81. The summed E-state index contributed by atoms with van der Waals surface area (Å²) in [7, 11) is 1.59. The van der Waals surface area contributed by atoms with Crippen LogP contribution in [0.15, 0.2) is 78.9 Å². The summed E-state index contributed by atoms with van der Waals surface area (Å²) in [4.78, 5) is 39.8. The van der Waals surface area contributed by atoms with Gasteiger partial charge in [0.05, 0.1) is 24.3 Å². The fraction of sp³-hybridized carbons (Fsp3) is 0.192. The van der Waals surface area contributed by atoms with E-state index in [1.165, 1.54) is 0 Å². The van der Waals surface area contributed by atoms with Gasteiger partial charge in [0.2, 0.25) is 11.8 Å². The number of rotatable bonds is 7. The zero-order valence-electron chi connectivity index (χ0n) is 18.3. The van der Waals surface area contributed by atoms with Crippen molar-refractivity contribution in [1.82, 2.24) is 5.32 Å². The highest BCUT2D eigenvalue weighted by Gasteiger charge is 2.35. The van der Waals surface area contributed by atoms with E-state index in [4.69, 9.17) is 4.74 Å². The summed E-state index contributed by atoms with van der Waals surface area (Å²) in [5, 5.41) is 5.72. The molecule has 0 saturated carbocycles. The van der Waals surface area contributed by atoms with E-state index in [9.17, 15) is 14.4 Å². The van der Waals surface area contributed by atoms with Gasteiger partial charge in [0.15, 0.2) is 0 Å². The Balaban J connectivity index is 1.41. The average Bonchev–Trinajstić information content (AvgIpc) is 3.25. The molecule has 3 amide bonds. The van der Waals surface area contributed by atoms with Gasteiger partial charge in [-0.2, -0.15) is 0 Å². The van der Waals surface area contributed by atoms with Crippen molar-refractivity contribution in [3.05, 3.63) is 90.0 Å².